The van der Waals surface area contributed by atoms with Gasteiger partial charge in [-0.15, -0.1) is 5.10 Å². The van der Waals surface area contributed by atoms with Crippen molar-refractivity contribution < 1.29 is 4.79 Å². The first-order valence-electron chi connectivity index (χ1n) is 7.25. The van der Waals surface area contributed by atoms with Crippen molar-refractivity contribution in [2.75, 3.05) is 0 Å². The summed E-state index contributed by atoms with van der Waals surface area (Å²) in [5, 5.41) is 11.5. The first-order valence-corrected chi connectivity index (χ1v) is 8.36. The summed E-state index contributed by atoms with van der Waals surface area (Å²) in [6, 6.07) is 7.30. The van der Waals surface area contributed by atoms with E-state index in [1.54, 1.807) is 16.8 Å². The number of carbonyl (C=O) groups excluding carboxylic acids is 1. The monoisotopic (exact) mass is 362 g/mol. The van der Waals surface area contributed by atoms with Crippen LogP contribution >= 0.6 is 23.3 Å². The highest BCUT2D eigenvalue weighted by atomic mass is 35.5. The Hall–Kier alpha value is -2.32. The third-order valence-electron chi connectivity index (χ3n) is 3.61. The molecule has 0 aliphatic carbocycles. The van der Waals surface area contributed by atoms with E-state index >= 15 is 0 Å². The number of rotatable bonds is 5. The molecule has 1 N–H and O–H groups in total. The molecule has 2 heterocycles. The minimum atomic E-state index is -0.262. The first kappa shape index (κ1) is 16.5. The summed E-state index contributed by atoms with van der Waals surface area (Å²) in [5.74, 6) is -0.262. The minimum absolute atomic E-state index is 0.262. The zero-order valence-corrected chi connectivity index (χ0v) is 14.7. The van der Waals surface area contributed by atoms with Gasteiger partial charge in [0.15, 0.2) is 5.69 Å². The summed E-state index contributed by atoms with van der Waals surface area (Å²) >= 11 is 7.01. The van der Waals surface area contributed by atoms with E-state index < -0.39 is 0 Å². The second-order valence-corrected chi connectivity index (χ2v) is 6.25. The summed E-state index contributed by atoms with van der Waals surface area (Å²) in [6.07, 6.45) is 0. The Labute approximate surface area is 148 Å². The van der Waals surface area contributed by atoms with Crippen molar-refractivity contribution in [3.63, 3.8) is 0 Å². The van der Waals surface area contributed by atoms with Crippen LogP contribution in [0.4, 0.5) is 0 Å². The SMILES string of the molecule is Cc1nsnc1Cn1nnc(C(=O)NCc2ccc(Cl)cc2)c1C. The van der Waals surface area contributed by atoms with Crippen molar-refractivity contribution in [1.82, 2.24) is 29.1 Å². The molecule has 0 atom stereocenters. The van der Waals surface area contributed by atoms with E-state index in [-0.39, 0.29) is 5.91 Å². The van der Waals surface area contributed by atoms with Crippen LogP contribution in [0.2, 0.25) is 5.02 Å². The number of benzene rings is 1. The zero-order chi connectivity index (χ0) is 17.1. The van der Waals surface area contributed by atoms with Crippen LogP contribution in [0.15, 0.2) is 24.3 Å². The average molecular weight is 363 g/mol. The molecule has 0 fully saturated rings. The number of amides is 1. The third-order valence-corrected chi connectivity index (χ3v) is 4.52. The van der Waals surface area contributed by atoms with E-state index in [4.69, 9.17) is 11.6 Å². The van der Waals surface area contributed by atoms with Crippen molar-refractivity contribution in [1.29, 1.82) is 0 Å². The maximum atomic E-state index is 12.3. The molecule has 0 aliphatic rings. The van der Waals surface area contributed by atoms with E-state index in [0.717, 1.165) is 28.7 Å². The van der Waals surface area contributed by atoms with Gasteiger partial charge < -0.3 is 5.32 Å². The highest BCUT2D eigenvalue weighted by Gasteiger charge is 2.17. The second kappa shape index (κ2) is 7.06. The number of nitrogens with zero attached hydrogens (tertiary/aromatic N) is 5. The fourth-order valence-electron chi connectivity index (χ4n) is 2.12. The molecule has 9 heteroatoms. The number of aryl methyl sites for hydroxylation is 1. The topological polar surface area (TPSA) is 85.6 Å². The second-order valence-electron chi connectivity index (χ2n) is 5.29. The van der Waals surface area contributed by atoms with Gasteiger partial charge in [-0.3, -0.25) is 4.79 Å². The quantitative estimate of drug-likeness (QED) is 0.753. The molecule has 124 valence electrons. The largest absolute Gasteiger partial charge is 0.347 e. The third kappa shape index (κ3) is 3.60. The summed E-state index contributed by atoms with van der Waals surface area (Å²) in [6.45, 7) is 4.56. The van der Waals surface area contributed by atoms with Gasteiger partial charge in [0.25, 0.3) is 5.91 Å². The van der Waals surface area contributed by atoms with E-state index in [2.05, 4.69) is 24.4 Å². The molecular formula is C15H15ClN6OS. The molecule has 2 aromatic heterocycles. The lowest BCUT2D eigenvalue weighted by Gasteiger charge is -2.05. The fourth-order valence-corrected chi connectivity index (χ4v) is 2.81. The Morgan fingerprint density at radius 3 is 2.67 bits per heavy atom. The summed E-state index contributed by atoms with van der Waals surface area (Å²) in [7, 11) is 0. The van der Waals surface area contributed by atoms with Crippen LogP contribution in [0.25, 0.3) is 0 Å². The van der Waals surface area contributed by atoms with Gasteiger partial charge in [0.2, 0.25) is 0 Å². The van der Waals surface area contributed by atoms with Gasteiger partial charge in [-0.25, -0.2) is 4.68 Å². The molecule has 0 bridgehead atoms. The van der Waals surface area contributed by atoms with Crippen LogP contribution in [0.3, 0.4) is 0 Å². The lowest BCUT2D eigenvalue weighted by atomic mass is 10.2. The van der Waals surface area contributed by atoms with Crippen LogP contribution in [-0.4, -0.2) is 29.6 Å². The normalized spacial score (nSPS) is 10.8. The number of halogens is 1. The molecule has 0 saturated carbocycles. The van der Waals surface area contributed by atoms with Crippen molar-refractivity contribution in [2.45, 2.75) is 26.9 Å². The molecule has 1 aromatic carbocycles. The van der Waals surface area contributed by atoms with Gasteiger partial charge in [-0.05, 0) is 31.5 Å². The molecule has 0 spiro atoms. The van der Waals surface area contributed by atoms with Crippen molar-refractivity contribution >= 4 is 29.2 Å². The van der Waals surface area contributed by atoms with Crippen LogP contribution in [0.5, 0.6) is 0 Å². The van der Waals surface area contributed by atoms with Gasteiger partial charge >= 0.3 is 0 Å². The Morgan fingerprint density at radius 2 is 2.00 bits per heavy atom. The summed E-state index contributed by atoms with van der Waals surface area (Å²) in [4.78, 5) is 12.3. The molecule has 0 unspecified atom stereocenters. The van der Waals surface area contributed by atoms with Crippen LogP contribution in [-0.2, 0) is 13.1 Å². The number of nitrogens with one attached hydrogen (secondary N) is 1. The zero-order valence-electron chi connectivity index (χ0n) is 13.2. The summed E-state index contributed by atoms with van der Waals surface area (Å²) in [5.41, 5.74) is 3.66. The van der Waals surface area contributed by atoms with Crippen molar-refractivity contribution in [3.8, 4) is 0 Å². The van der Waals surface area contributed by atoms with Crippen LogP contribution in [0, 0.1) is 13.8 Å². The van der Waals surface area contributed by atoms with Crippen molar-refractivity contribution in [2.24, 2.45) is 0 Å². The molecule has 3 aromatic rings. The Bertz CT molecular complexity index is 857. The number of hydrogen-bond donors (Lipinski definition) is 1. The standard InChI is InChI=1S/C15H15ClN6OS/c1-9-13(20-24-19-9)8-22-10(2)14(18-21-22)15(23)17-7-11-3-5-12(16)6-4-11/h3-6H,7-8H2,1-2H3,(H,17,23). The van der Waals surface area contributed by atoms with E-state index in [9.17, 15) is 4.79 Å². The molecule has 7 nitrogen and oxygen atoms in total. The van der Waals surface area contributed by atoms with Gasteiger partial charge in [0, 0.05) is 11.6 Å². The minimum Gasteiger partial charge on any atom is -0.347 e. The molecule has 0 radical (unpaired) electrons. The molecule has 3 rings (SSSR count). The highest BCUT2D eigenvalue weighted by molar-refractivity contribution is 6.99. The van der Waals surface area contributed by atoms with E-state index in [1.165, 1.54) is 0 Å². The van der Waals surface area contributed by atoms with Crippen LogP contribution in [0.1, 0.15) is 33.1 Å². The predicted octanol–water partition coefficient (Wildman–Crippen LogP) is 2.38. The molecular weight excluding hydrogens is 348 g/mol. The lowest BCUT2D eigenvalue weighted by molar-refractivity contribution is 0.0945. The maximum absolute atomic E-state index is 12.3. The smallest absolute Gasteiger partial charge is 0.274 e. The van der Waals surface area contributed by atoms with Gasteiger partial charge in [-0.1, -0.05) is 28.9 Å². The van der Waals surface area contributed by atoms with Gasteiger partial charge in [-0.2, -0.15) is 8.75 Å². The molecule has 0 aliphatic heterocycles. The average Bonchev–Trinajstić information content (AvgIpc) is 3.14. The summed E-state index contributed by atoms with van der Waals surface area (Å²) < 4.78 is 10.0. The Balaban J connectivity index is 1.67. The van der Waals surface area contributed by atoms with Gasteiger partial charge in [0.1, 0.15) is 0 Å². The molecule has 24 heavy (non-hydrogen) atoms. The molecule has 1 amide bonds. The number of hydrogen-bond acceptors (Lipinski definition) is 6. The van der Waals surface area contributed by atoms with Gasteiger partial charge in [0.05, 0.1) is 35.4 Å². The first-order chi connectivity index (χ1) is 11.5. The Morgan fingerprint density at radius 1 is 1.25 bits per heavy atom. The predicted molar refractivity (Wildman–Crippen MR) is 91.1 cm³/mol. The number of carbonyl (C=O) groups is 1. The number of aromatic nitrogens is 5. The van der Waals surface area contributed by atoms with E-state index in [0.29, 0.717) is 29.5 Å². The molecule has 0 saturated heterocycles. The van der Waals surface area contributed by atoms with Crippen molar-refractivity contribution in [3.05, 3.63) is 57.6 Å². The lowest BCUT2D eigenvalue weighted by Crippen LogP contribution is -2.24. The fraction of sp³-hybridized carbons (Fsp3) is 0.267. The van der Waals surface area contributed by atoms with Crippen LogP contribution < -0.4 is 5.32 Å². The highest BCUT2D eigenvalue weighted by Crippen LogP contribution is 2.11. The van der Waals surface area contributed by atoms with E-state index in [1.807, 2.05) is 26.0 Å². The maximum Gasteiger partial charge on any atom is 0.274 e. The Kier molecular flexibility index (Phi) is 4.86.